The molecular weight excluding hydrogens is 250 g/mol. The van der Waals surface area contributed by atoms with Crippen LogP contribution in [0.15, 0.2) is 16.1 Å². The molecule has 0 aromatic carbocycles. The highest BCUT2D eigenvalue weighted by atomic mass is 32.2. The number of carboxylic acids is 1. The largest absolute Gasteiger partial charge is 0.480 e. The summed E-state index contributed by atoms with van der Waals surface area (Å²) in [7, 11) is -3.81. The molecular formula is C8H7N3O5S. The zero-order valence-corrected chi connectivity index (χ0v) is 9.43. The number of carbonyl (C=O) groups is 1. The summed E-state index contributed by atoms with van der Waals surface area (Å²) in [6.07, 6.45) is 1.59. The van der Waals surface area contributed by atoms with Crippen molar-refractivity contribution in [1.82, 2.24) is 9.55 Å². The van der Waals surface area contributed by atoms with E-state index < -0.39 is 38.5 Å². The second-order valence-electron chi connectivity index (χ2n) is 3.14. The minimum atomic E-state index is -3.81. The van der Waals surface area contributed by atoms with Crippen molar-refractivity contribution in [3.05, 3.63) is 22.2 Å². The molecule has 0 atom stereocenters. The Morgan fingerprint density at radius 1 is 1.65 bits per heavy atom. The Morgan fingerprint density at radius 3 is 2.65 bits per heavy atom. The van der Waals surface area contributed by atoms with Crippen LogP contribution < -0.4 is 5.56 Å². The van der Waals surface area contributed by atoms with Crippen molar-refractivity contribution in [3.63, 3.8) is 0 Å². The molecule has 0 amide bonds. The molecule has 1 heterocycles. The summed E-state index contributed by atoms with van der Waals surface area (Å²) in [6, 6.07) is 1.42. The van der Waals surface area contributed by atoms with Gasteiger partial charge in [0.2, 0.25) is 0 Å². The Balaban J connectivity index is 3.56. The lowest BCUT2D eigenvalue weighted by atomic mass is 10.3. The molecule has 1 aromatic rings. The highest BCUT2D eigenvalue weighted by molar-refractivity contribution is 7.90. The summed E-state index contributed by atoms with van der Waals surface area (Å²) < 4.78 is 23.1. The highest BCUT2D eigenvalue weighted by Gasteiger charge is 2.20. The maximum atomic E-state index is 11.6. The maximum Gasteiger partial charge on any atom is 0.323 e. The number of nitriles is 1. The predicted molar refractivity (Wildman–Crippen MR) is 54.0 cm³/mol. The molecule has 0 aliphatic rings. The Morgan fingerprint density at radius 2 is 2.24 bits per heavy atom. The molecule has 0 unspecified atom stereocenters. The Kier molecular flexibility index (Phi) is 3.28. The Bertz CT molecular complexity index is 667. The first-order valence-electron chi connectivity index (χ1n) is 4.18. The van der Waals surface area contributed by atoms with Crippen LogP contribution in [0, 0.1) is 11.3 Å². The summed E-state index contributed by atoms with van der Waals surface area (Å²) in [6.45, 7) is -0.690. The number of aromatic nitrogens is 2. The lowest BCUT2D eigenvalue weighted by Gasteiger charge is -2.04. The first-order chi connectivity index (χ1) is 7.77. The average molecular weight is 257 g/mol. The monoisotopic (exact) mass is 257 g/mol. The van der Waals surface area contributed by atoms with Crippen molar-refractivity contribution < 1.29 is 18.3 Å². The third kappa shape index (κ3) is 2.67. The van der Waals surface area contributed by atoms with Crippen LogP contribution in [0.5, 0.6) is 0 Å². The van der Waals surface area contributed by atoms with Gasteiger partial charge in [0, 0.05) is 6.26 Å². The van der Waals surface area contributed by atoms with E-state index in [1.165, 1.54) is 6.07 Å². The molecule has 1 aromatic heterocycles. The van der Waals surface area contributed by atoms with Crippen molar-refractivity contribution in [2.45, 2.75) is 11.6 Å². The molecule has 9 heteroatoms. The number of sulfone groups is 1. The van der Waals surface area contributed by atoms with Gasteiger partial charge in [0.25, 0.3) is 5.56 Å². The molecule has 0 radical (unpaired) electrons. The lowest BCUT2D eigenvalue weighted by Crippen LogP contribution is -2.28. The molecule has 90 valence electrons. The smallest absolute Gasteiger partial charge is 0.323 e. The molecule has 0 saturated carbocycles. The van der Waals surface area contributed by atoms with Gasteiger partial charge in [0.1, 0.15) is 12.6 Å². The van der Waals surface area contributed by atoms with Crippen LogP contribution in [0.1, 0.15) is 5.56 Å². The highest BCUT2D eigenvalue weighted by Crippen LogP contribution is 2.06. The van der Waals surface area contributed by atoms with Crippen molar-refractivity contribution in [3.8, 4) is 6.07 Å². The van der Waals surface area contributed by atoms with E-state index in [0.29, 0.717) is 4.57 Å². The second-order valence-corrected chi connectivity index (χ2v) is 5.07. The molecule has 0 spiro atoms. The molecule has 17 heavy (non-hydrogen) atoms. The Hall–Kier alpha value is -2.21. The topological polar surface area (TPSA) is 130 Å². The fourth-order valence-electron chi connectivity index (χ4n) is 1.11. The van der Waals surface area contributed by atoms with E-state index in [4.69, 9.17) is 10.4 Å². The van der Waals surface area contributed by atoms with Crippen molar-refractivity contribution in [1.29, 1.82) is 5.26 Å². The van der Waals surface area contributed by atoms with Crippen molar-refractivity contribution in [2.24, 2.45) is 0 Å². The quantitative estimate of drug-likeness (QED) is 0.659. The summed E-state index contributed by atoms with van der Waals surface area (Å²) in [5.74, 6) is -1.30. The average Bonchev–Trinajstić information content (AvgIpc) is 2.18. The van der Waals surface area contributed by atoms with Crippen LogP contribution in [0.2, 0.25) is 0 Å². The van der Waals surface area contributed by atoms with Crippen LogP contribution in [0.4, 0.5) is 0 Å². The minimum absolute atomic E-state index is 0.647. The van der Waals surface area contributed by atoms with E-state index in [9.17, 15) is 18.0 Å². The summed E-state index contributed by atoms with van der Waals surface area (Å²) in [4.78, 5) is 25.4. The van der Waals surface area contributed by atoms with Gasteiger partial charge >= 0.3 is 5.97 Å². The van der Waals surface area contributed by atoms with Gasteiger partial charge in [-0.25, -0.2) is 13.4 Å². The molecule has 0 aliphatic heterocycles. The van der Waals surface area contributed by atoms with Crippen molar-refractivity contribution >= 4 is 15.8 Å². The standard InChI is InChI=1S/C8H7N3O5S/c1-17(15,16)7-5(2-9)8(14)11(4-10-7)3-6(12)13/h4H,3H2,1H3,(H,12,13). The number of hydrogen-bond donors (Lipinski definition) is 1. The van der Waals surface area contributed by atoms with E-state index in [0.717, 1.165) is 12.6 Å². The van der Waals surface area contributed by atoms with E-state index in [2.05, 4.69) is 4.98 Å². The van der Waals surface area contributed by atoms with E-state index >= 15 is 0 Å². The third-order valence-corrected chi connectivity index (χ3v) is 2.78. The van der Waals surface area contributed by atoms with Gasteiger partial charge < -0.3 is 5.11 Å². The molecule has 0 saturated heterocycles. The predicted octanol–water partition coefficient (Wildman–Crippen LogP) is -1.40. The number of nitrogens with zero attached hydrogens (tertiary/aromatic N) is 3. The second kappa shape index (κ2) is 4.34. The number of carboxylic acid groups (broad SMARTS) is 1. The van der Waals surface area contributed by atoms with E-state index in [-0.39, 0.29) is 0 Å². The van der Waals surface area contributed by atoms with Crippen LogP contribution in [-0.2, 0) is 21.2 Å². The van der Waals surface area contributed by atoms with E-state index in [1.807, 2.05) is 0 Å². The lowest BCUT2D eigenvalue weighted by molar-refractivity contribution is -0.137. The summed E-state index contributed by atoms with van der Waals surface area (Å²) >= 11 is 0. The maximum absolute atomic E-state index is 11.6. The summed E-state index contributed by atoms with van der Waals surface area (Å²) in [5, 5.41) is 16.6. The van der Waals surface area contributed by atoms with Gasteiger partial charge in [-0.2, -0.15) is 5.26 Å². The van der Waals surface area contributed by atoms with Gasteiger partial charge in [0.05, 0.1) is 6.33 Å². The van der Waals surface area contributed by atoms with Crippen molar-refractivity contribution in [2.75, 3.05) is 6.26 Å². The molecule has 0 bridgehead atoms. The Labute approximate surface area is 95.7 Å². The molecule has 0 aliphatic carbocycles. The van der Waals surface area contributed by atoms with Gasteiger partial charge in [-0.05, 0) is 0 Å². The molecule has 1 N–H and O–H groups in total. The van der Waals surface area contributed by atoms with Gasteiger partial charge in [0.15, 0.2) is 20.4 Å². The van der Waals surface area contributed by atoms with Crippen LogP contribution >= 0.6 is 0 Å². The zero-order chi connectivity index (χ0) is 13.2. The van der Waals surface area contributed by atoms with E-state index in [1.54, 1.807) is 0 Å². The molecule has 8 nitrogen and oxygen atoms in total. The number of rotatable bonds is 3. The SMILES string of the molecule is CS(=O)(=O)c1ncn(CC(=O)O)c(=O)c1C#N. The minimum Gasteiger partial charge on any atom is -0.480 e. The van der Waals surface area contributed by atoms with Crippen LogP contribution in [0.3, 0.4) is 0 Å². The normalized spacial score (nSPS) is 10.8. The zero-order valence-electron chi connectivity index (χ0n) is 8.61. The van der Waals surface area contributed by atoms with Gasteiger partial charge in [-0.15, -0.1) is 0 Å². The molecule has 1 rings (SSSR count). The van der Waals surface area contributed by atoms with Gasteiger partial charge in [-0.1, -0.05) is 0 Å². The first kappa shape index (κ1) is 12.9. The fraction of sp³-hybridized carbons (Fsp3) is 0.250. The van der Waals surface area contributed by atoms with Crippen LogP contribution in [-0.4, -0.2) is 35.3 Å². The van der Waals surface area contributed by atoms with Crippen LogP contribution in [0.25, 0.3) is 0 Å². The first-order valence-corrected chi connectivity index (χ1v) is 6.08. The number of hydrogen-bond acceptors (Lipinski definition) is 6. The third-order valence-electron chi connectivity index (χ3n) is 1.77. The van der Waals surface area contributed by atoms with Gasteiger partial charge in [-0.3, -0.25) is 14.2 Å². The number of aliphatic carboxylic acids is 1. The summed E-state index contributed by atoms with van der Waals surface area (Å²) in [5.41, 5.74) is -1.68. The molecule has 0 fully saturated rings. The fourth-order valence-corrected chi connectivity index (χ4v) is 1.85.